The van der Waals surface area contributed by atoms with E-state index in [0.717, 1.165) is 18.4 Å². The van der Waals surface area contributed by atoms with Crippen molar-refractivity contribution < 1.29 is 8.42 Å². The van der Waals surface area contributed by atoms with E-state index in [-0.39, 0.29) is 4.90 Å². The molecular weight excluding hydrogens is 340 g/mol. The van der Waals surface area contributed by atoms with E-state index in [2.05, 4.69) is 20.7 Å². The minimum atomic E-state index is -3.45. The van der Waals surface area contributed by atoms with E-state index >= 15 is 0 Å². The SMILES string of the molecule is NCc1ccc(S(=O)(=O)NCC2CCCCC2)c(Br)c1. The van der Waals surface area contributed by atoms with E-state index in [1.807, 2.05) is 0 Å². The highest BCUT2D eigenvalue weighted by atomic mass is 79.9. The second-order valence-electron chi connectivity index (χ2n) is 5.32. The third-order valence-corrected chi connectivity index (χ3v) is 6.21. The molecule has 1 saturated carbocycles. The Kier molecular flexibility index (Phi) is 5.60. The standard InChI is InChI=1S/C14H21BrN2O2S/c15-13-8-12(9-16)6-7-14(13)20(18,19)17-10-11-4-2-1-3-5-11/h6-8,11,17H,1-5,9-10,16H2. The Morgan fingerprint density at radius 3 is 2.55 bits per heavy atom. The van der Waals surface area contributed by atoms with Gasteiger partial charge in [0.2, 0.25) is 10.0 Å². The van der Waals surface area contributed by atoms with Crippen molar-refractivity contribution in [2.75, 3.05) is 6.54 Å². The molecule has 0 bridgehead atoms. The first-order chi connectivity index (χ1) is 9.53. The third kappa shape index (κ3) is 4.04. The average Bonchev–Trinajstić information content (AvgIpc) is 2.46. The van der Waals surface area contributed by atoms with E-state index in [1.54, 1.807) is 18.2 Å². The van der Waals surface area contributed by atoms with Gasteiger partial charge in [0.05, 0.1) is 4.90 Å². The van der Waals surface area contributed by atoms with E-state index in [0.29, 0.717) is 23.5 Å². The fourth-order valence-corrected chi connectivity index (χ4v) is 4.82. The summed E-state index contributed by atoms with van der Waals surface area (Å²) in [7, 11) is -3.45. The first kappa shape index (κ1) is 15.9. The first-order valence-electron chi connectivity index (χ1n) is 7.01. The second-order valence-corrected chi connectivity index (χ2v) is 7.91. The van der Waals surface area contributed by atoms with Gasteiger partial charge >= 0.3 is 0 Å². The largest absolute Gasteiger partial charge is 0.326 e. The molecule has 1 aromatic rings. The molecule has 2 rings (SSSR count). The van der Waals surface area contributed by atoms with E-state index in [9.17, 15) is 8.42 Å². The molecule has 0 saturated heterocycles. The molecule has 0 atom stereocenters. The van der Waals surface area contributed by atoms with Gasteiger partial charge < -0.3 is 5.73 Å². The van der Waals surface area contributed by atoms with Gasteiger partial charge in [-0.3, -0.25) is 0 Å². The van der Waals surface area contributed by atoms with Gasteiger partial charge in [-0.1, -0.05) is 25.3 Å². The molecule has 3 N–H and O–H groups in total. The van der Waals surface area contributed by atoms with Crippen molar-refractivity contribution in [2.24, 2.45) is 11.7 Å². The summed E-state index contributed by atoms with van der Waals surface area (Å²) in [5.74, 6) is 0.473. The molecule has 0 radical (unpaired) electrons. The fraction of sp³-hybridized carbons (Fsp3) is 0.571. The van der Waals surface area contributed by atoms with Crippen LogP contribution < -0.4 is 10.5 Å². The zero-order chi connectivity index (χ0) is 14.6. The molecule has 1 aromatic carbocycles. The number of benzene rings is 1. The molecule has 0 heterocycles. The van der Waals surface area contributed by atoms with Crippen molar-refractivity contribution in [3.63, 3.8) is 0 Å². The van der Waals surface area contributed by atoms with Crippen LogP contribution in [0.2, 0.25) is 0 Å². The van der Waals surface area contributed by atoms with Crippen LogP contribution in [0.25, 0.3) is 0 Å². The number of hydrogen-bond acceptors (Lipinski definition) is 3. The molecule has 4 nitrogen and oxygen atoms in total. The van der Waals surface area contributed by atoms with E-state index in [1.165, 1.54) is 19.3 Å². The molecule has 1 aliphatic rings. The zero-order valence-corrected chi connectivity index (χ0v) is 13.8. The lowest BCUT2D eigenvalue weighted by Gasteiger charge is -2.21. The molecule has 20 heavy (non-hydrogen) atoms. The summed E-state index contributed by atoms with van der Waals surface area (Å²) in [5.41, 5.74) is 6.45. The Balaban J connectivity index is 2.05. The molecule has 112 valence electrons. The lowest BCUT2D eigenvalue weighted by atomic mass is 9.90. The van der Waals surface area contributed by atoms with Crippen molar-refractivity contribution in [1.82, 2.24) is 4.72 Å². The third-order valence-electron chi connectivity index (χ3n) is 3.81. The molecule has 0 aromatic heterocycles. The van der Waals surface area contributed by atoms with Gasteiger partial charge in [-0.05, 0) is 52.4 Å². The number of hydrogen-bond donors (Lipinski definition) is 2. The Labute approximate surface area is 129 Å². The average molecular weight is 361 g/mol. The highest BCUT2D eigenvalue weighted by Gasteiger charge is 2.20. The monoisotopic (exact) mass is 360 g/mol. The zero-order valence-electron chi connectivity index (χ0n) is 11.4. The minimum Gasteiger partial charge on any atom is -0.326 e. The molecular formula is C14H21BrN2O2S. The molecule has 0 spiro atoms. The van der Waals surface area contributed by atoms with Crippen LogP contribution in [-0.4, -0.2) is 15.0 Å². The Morgan fingerprint density at radius 1 is 1.25 bits per heavy atom. The molecule has 0 aliphatic heterocycles. The summed E-state index contributed by atoms with van der Waals surface area (Å²) in [6, 6.07) is 5.12. The van der Waals surface area contributed by atoms with Crippen LogP contribution in [0, 0.1) is 5.92 Å². The van der Waals surface area contributed by atoms with Gasteiger partial charge in [-0.25, -0.2) is 13.1 Å². The lowest BCUT2D eigenvalue weighted by Crippen LogP contribution is -2.30. The van der Waals surface area contributed by atoms with Crippen molar-refractivity contribution >= 4 is 26.0 Å². The van der Waals surface area contributed by atoms with E-state index < -0.39 is 10.0 Å². The first-order valence-corrected chi connectivity index (χ1v) is 9.28. The fourth-order valence-electron chi connectivity index (χ4n) is 2.59. The van der Waals surface area contributed by atoms with Gasteiger partial charge in [0, 0.05) is 17.6 Å². The van der Waals surface area contributed by atoms with Gasteiger partial charge in [0.1, 0.15) is 0 Å². The molecule has 6 heteroatoms. The smallest absolute Gasteiger partial charge is 0.241 e. The van der Waals surface area contributed by atoms with Crippen molar-refractivity contribution in [3.05, 3.63) is 28.2 Å². The normalized spacial score (nSPS) is 17.3. The lowest BCUT2D eigenvalue weighted by molar-refractivity contribution is 0.357. The van der Waals surface area contributed by atoms with Gasteiger partial charge in [0.25, 0.3) is 0 Å². The van der Waals surface area contributed by atoms with Crippen LogP contribution in [0.5, 0.6) is 0 Å². The maximum atomic E-state index is 12.3. The number of nitrogens with two attached hydrogens (primary N) is 1. The highest BCUT2D eigenvalue weighted by Crippen LogP contribution is 2.25. The van der Waals surface area contributed by atoms with Crippen LogP contribution in [0.3, 0.4) is 0 Å². The maximum absolute atomic E-state index is 12.3. The van der Waals surface area contributed by atoms with Crippen LogP contribution in [-0.2, 0) is 16.6 Å². The summed E-state index contributed by atoms with van der Waals surface area (Å²) in [4.78, 5) is 0.283. The summed E-state index contributed by atoms with van der Waals surface area (Å²) in [6.07, 6.45) is 5.93. The number of nitrogens with one attached hydrogen (secondary N) is 1. The van der Waals surface area contributed by atoms with Crippen molar-refractivity contribution in [2.45, 2.75) is 43.5 Å². The number of halogens is 1. The Bertz CT molecular complexity index is 554. The summed E-state index contributed by atoms with van der Waals surface area (Å²) < 4.78 is 27.9. The van der Waals surface area contributed by atoms with Crippen molar-refractivity contribution in [3.8, 4) is 0 Å². The summed E-state index contributed by atoms with van der Waals surface area (Å²) >= 11 is 3.32. The van der Waals surface area contributed by atoms with Crippen LogP contribution in [0.1, 0.15) is 37.7 Å². The van der Waals surface area contributed by atoms with E-state index in [4.69, 9.17) is 5.73 Å². The molecule has 0 amide bonds. The van der Waals surface area contributed by atoms with Crippen LogP contribution >= 0.6 is 15.9 Å². The minimum absolute atomic E-state index is 0.283. The molecule has 1 fully saturated rings. The van der Waals surface area contributed by atoms with Gasteiger partial charge in [-0.15, -0.1) is 0 Å². The molecule has 0 unspecified atom stereocenters. The van der Waals surface area contributed by atoms with Crippen molar-refractivity contribution in [1.29, 1.82) is 0 Å². The van der Waals surface area contributed by atoms with Gasteiger partial charge in [0.15, 0.2) is 0 Å². The molecule has 1 aliphatic carbocycles. The van der Waals surface area contributed by atoms with Crippen LogP contribution in [0.4, 0.5) is 0 Å². The van der Waals surface area contributed by atoms with Gasteiger partial charge in [-0.2, -0.15) is 0 Å². The number of rotatable bonds is 5. The quantitative estimate of drug-likeness (QED) is 0.847. The predicted molar refractivity (Wildman–Crippen MR) is 83.8 cm³/mol. The maximum Gasteiger partial charge on any atom is 0.241 e. The highest BCUT2D eigenvalue weighted by molar-refractivity contribution is 9.10. The Morgan fingerprint density at radius 2 is 1.95 bits per heavy atom. The topological polar surface area (TPSA) is 72.2 Å². The predicted octanol–water partition coefficient (Wildman–Crippen LogP) is 2.77. The Hall–Kier alpha value is -0.430. The second kappa shape index (κ2) is 7.02. The van der Waals surface area contributed by atoms with Crippen LogP contribution in [0.15, 0.2) is 27.6 Å². The summed E-state index contributed by atoms with van der Waals surface area (Å²) in [6.45, 7) is 0.932. The number of sulfonamides is 1. The summed E-state index contributed by atoms with van der Waals surface area (Å²) in [5, 5.41) is 0.